The summed E-state index contributed by atoms with van der Waals surface area (Å²) < 4.78 is 0. The molecule has 0 saturated heterocycles. The van der Waals surface area contributed by atoms with Crippen molar-refractivity contribution < 1.29 is 4.79 Å². The predicted molar refractivity (Wildman–Crippen MR) is 103 cm³/mol. The first-order valence-electron chi connectivity index (χ1n) is 8.86. The lowest BCUT2D eigenvalue weighted by Crippen LogP contribution is -2.18. The summed E-state index contributed by atoms with van der Waals surface area (Å²) in [6.07, 6.45) is 1.07. The molecule has 1 atom stereocenters. The minimum atomic E-state index is -0.164. The third kappa shape index (κ3) is 4.95. The van der Waals surface area contributed by atoms with Crippen molar-refractivity contribution in [3.05, 3.63) is 65.2 Å². The largest absolute Gasteiger partial charge is 0.326 e. The second kappa shape index (κ2) is 8.14. The van der Waals surface area contributed by atoms with Crippen molar-refractivity contribution in [2.24, 2.45) is 5.92 Å². The van der Waals surface area contributed by atoms with Gasteiger partial charge in [0.2, 0.25) is 5.91 Å². The number of rotatable bonds is 6. The molecule has 128 valence electrons. The van der Waals surface area contributed by atoms with E-state index >= 15 is 0 Å². The molecule has 2 heteroatoms. The van der Waals surface area contributed by atoms with Crippen LogP contribution in [0.3, 0.4) is 0 Å². The van der Waals surface area contributed by atoms with Crippen LogP contribution in [0.4, 0.5) is 5.69 Å². The minimum absolute atomic E-state index is 0.0314. The lowest BCUT2D eigenvalue weighted by Gasteiger charge is -2.14. The summed E-state index contributed by atoms with van der Waals surface area (Å²) in [7, 11) is 0. The van der Waals surface area contributed by atoms with E-state index in [1.165, 1.54) is 11.1 Å². The molecule has 2 nitrogen and oxygen atoms in total. The molecule has 0 unspecified atom stereocenters. The van der Waals surface area contributed by atoms with Gasteiger partial charge in [0.05, 0.1) is 5.92 Å². The molecule has 2 aromatic carbocycles. The Morgan fingerprint density at radius 3 is 1.88 bits per heavy atom. The summed E-state index contributed by atoms with van der Waals surface area (Å²) in [6, 6.07) is 16.5. The number of hydrogen-bond acceptors (Lipinski definition) is 1. The Bertz CT molecular complexity index is 653. The van der Waals surface area contributed by atoms with Crippen LogP contribution in [-0.2, 0) is 11.2 Å². The van der Waals surface area contributed by atoms with Gasteiger partial charge >= 0.3 is 0 Å². The van der Waals surface area contributed by atoms with E-state index < -0.39 is 0 Å². The van der Waals surface area contributed by atoms with Crippen molar-refractivity contribution in [3.8, 4) is 0 Å². The predicted octanol–water partition coefficient (Wildman–Crippen LogP) is 5.75. The van der Waals surface area contributed by atoms with Gasteiger partial charge in [0.25, 0.3) is 0 Å². The molecule has 24 heavy (non-hydrogen) atoms. The van der Waals surface area contributed by atoms with Crippen molar-refractivity contribution in [1.29, 1.82) is 0 Å². The Balaban J connectivity index is 2.01. The van der Waals surface area contributed by atoms with Gasteiger partial charge in [-0.15, -0.1) is 0 Å². The van der Waals surface area contributed by atoms with Crippen LogP contribution in [-0.4, -0.2) is 5.91 Å². The first-order valence-corrected chi connectivity index (χ1v) is 8.86. The minimum Gasteiger partial charge on any atom is -0.326 e. The summed E-state index contributed by atoms with van der Waals surface area (Å²) in [5, 5.41) is 3.01. The van der Waals surface area contributed by atoms with Gasteiger partial charge in [-0.25, -0.2) is 0 Å². The molecule has 1 N–H and O–H groups in total. The van der Waals surface area contributed by atoms with E-state index in [1.807, 2.05) is 19.1 Å². The normalized spacial score (nSPS) is 12.5. The van der Waals surface area contributed by atoms with Crippen molar-refractivity contribution >= 4 is 11.6 Å². The van der Waals surface area contributed by atoms with E-state index in [-0.39, 0.29) is 11.8 Å². The van der Waals surface area contributed by atoms with Crippen molar-refractivity contribution in [3.63, 3.8) is 0 Å². The maximum atomic E-state index is 12.5. The van der Waals surface area contributed by atoms with E-state index in [4.69, 9.17) is 0 Å². The van der Waals surface area contributed by atoms with Gasteiger partial charge in [-0.05, 0) is 54.0 Å². The summed E-state index contributed by atoms with van der Waals surface area (Å²) >= 11 is 0. The smallest absolute Gasteiger partial charge is 0.231 e. The van der Waals surface area contributed by atoms with E-state index in [0.717, 1.165) is 17.7 Å². The zero-order chi connectivity index (χ0) is 17.7. The van der Waals surface area contributed by atoms with Crippen molar-refractivity contribution in [2.75, 3.05) is 5.32 Å². The topological polar surface area (TPSA) is 29.1 Å². The van der Waals surface area contributed by atoms with Crippen LogP contribution in [0.1, 0.15) is 63.1 Å². The Hall–Kier alpha value is -2.09. The van der Waals surface area contributed by atoms with Crippen LogP contribution in [0.2, 0.25) is 0 Å². The van der Waals surface area contributed by atoms with Gasteiger partial charge in [-0.3, -0.25) is 4.79 Å². The molecule has 2 rings (SSSR count). The lowest BCUT2D eigenvalue weighted by atomic mass is 9.96. The molecule has 0 bridgehead atoms. The fourth-order valence-corrected chi connectivity index (χ4v) is 2.77. The van der Waals surface area contributed by atoms with E-state index in [0.29, 0.717) is 11.8 Å². The number of nitrogens with one attached hydrogen (secondary N) is 1. The molecule has 0 aromatic heterocycles. The molecule has 0 fully saturated rings. The third-order valence-electron chi connectivity index (χ3n) is 4.36. The zero-order valence-corrected chi connectivity index (χ0v) is 15.5. The number of anilines is 1. The molecule has 0 aliphatic heterocycles. The Morgan fingerprint density at radius 1 is 0.833 bits per heavy atom. The SMILES string of the molecule is CC(C)Cc1ccc([C@H](C)C(=O)Nc2ccc(C(C)C)cc2)cc1. The maximum Gasteiger partial charge on any atom is 0.231 e. The zero-order valence-electron chi connectivity index (χ0n) is 15.5. The number of amides is 1. The van der Waals surface area contributed by atoms with E-state index in [9.17, 15) is 4.79 Å². The van der Waals surface area contributed by atoms with Gasteiger partial charge in [-0.1, -0.05) is 64.1 Å². The fourth-order valence-electron chi connectivity index (χ4n) is 2.77. The molecule has 0 heterocycles. The summed E-state index contributed by atoms with van der Waals surface area (Å²) in [5.41, 5.74) is 4.51. The number of carbonyl (C=O) groups is 1. The van der Waals surface area contributed by atoms with Gasteiger partial charge in [0.15, 0.2) is 0 Å². The summed E-state index contributed by atoms with van der Waals surface area (Å²) in [5.74, 6) is 1.01. The van der Waals surface area contributed by atoms with Gasteiger partial charge in [0.1, 0.15) is 0 Å². The average Bonchev–Trinajstić information content (AvgIpc) is 2.54. The molecule has 0 saturated carbocycles. The molecule has 0 aliphatic rings. The number of carbonyl (C=O) groups excluding carboxylic acids is 1. The first-order chi connectivity index (χ1) is 11.4. The number of hydrogen-bond donors (Lipinski definition) is 1. The quantitative estimate of drug-likeness (QED) is 0.720. The summed E-state index contributed by atoms with van der Waals surface area (Å²) in [4.78, 5) is 12.5. The van der Waals surface area contributed by atoms with E-state index in [1.54, 1.807) is 0 Å². The Labute approximate surface area is 146 Å². The third-order valence-corrected chi connectivity index (χ3v) is 4.36. The van der Waals surface area contributed by atoms with Crippen LogP contribution in [0.15, 0.2) is 48.5 Å². The highest BCUT2D eigenvalue weighted by Gasteiger charge is 2.15. The lowest BCUT2D eigenvalue weighted by molar-refractivity contribution is -0.117. The molecule has 0 spiro atoms. The monoisotopic (exact) mass is 323 g/mol. The molecule has 1 amide bonds. The maximum absolute atomic E-state index is 12.5. The first kappa shape index (κ1) is 18.3. The van der Waals surface area contributed by atoms with Gasteiger partial charge < -0.3 is 5.32 Å². The van der Waals surface area contributed by atoms with Crippen LogP contribution in [0.5, 0.6) is 0 Å². The van der Waals surface area contributed by atoms with Crippen molar-refractivity contribution in [2.45, 2.75) is 52.9 Å². The highest BCUT2D eigenvalue weighted by atomic mass is 16.1. The highest BCUT2D eigenvalue weighted by molar-refractivity contribution is 5.95. The Morgan fingerprint density at radius 2 is 1.38 bits per heavy atom. The number of benzene rings is 2. The second-order valence-electron chi connectivity index (χ2n) is 7.33. The molecule has 0 aliphatic carbocycles. The summed E-state index contributed by atoms with van der Waals surface area (Å²) in [6.45, 7) is 10.7. The van der Waals surface area contributed by atoms with Crippen LogP contribution < -0.4 is 5.32 Å². The standard InChI is InChI=1S/C22H29NO/c1-15(2)14-18-6-8-20(9-7-18)17(5)22(24)23-21-12-10-19(11-13-21)16(3)4/h6-13,15-17H,14H2,1-5H3,(H,23,24)/t17-/m0/s1. The van der Waals surface area contributed by atoms with Crippen LogP contribution in [0.25, 0.3) is 0 Å². The van der Waals surface area contributed by atoms with Crippen LogP contribution >= 0.6 is 0 Å². The highest BCUT2D eigenvalue weighted by Crippen LogP contribution is 2.21. The molecular formula is C22H29NO. The Kier molecular flexibility index (Phi) is 6.19. The van der Waals surface area contributed by atoms with E-state index in [2.05, 4.69) is 69.4 Å². The van der Waals surface area contributed by atoms with Gasteiger partial charge in [0, 0.05) is 5.69 Å². The van der Waals surface area contributed by atoms with Gasteiger partial charge in [-0.2, -0.15) is 0 Å². The molecular weight excluding hydrogens is 294 g/mol. The molecule has 0 radical (unpaired) electrons. The van der Waals surface area contributed by atoms with Crippen LogP contribution in [0, 0.1) is 5.92 Å². The second-order valence-corrected chi connectivity index (χ2v) is 7.33. The van der Waals surface area contributed by atoms with Crippen molar-refractivity contribution in [1.82, 2.24) is 0 Å². The molecule has 2 aromatic rings. The fraction of sp³-hybridized carbons (Fsp3) is 0.409. The average molecular weight is 323 g/mol.